The van der Waals surface area contributed by atoms with E-state index in [1.807, 2.05) is 14.1 Å². The van der Waals surface area contributed by atoms with Crippen LogP contribution < -0.4 is 17.2 Å². The fraction of sp³-hybridized carbons (Fsp3) is 0.867. The van der Waals surface area contributed by atoms with Crippen molar-refractivity contribution < 1.29 is 18.5 Å². The van der Waals surface area contributed by atoms with Crippen molar-refractivity contribution in [3.63, 3.8) is 0 Å². The van der Waals surface area contributed by atoms with Crippen molar-refractivity contribution >= 4 is 10.8 Å². The molecule has 0 unspecified atom stereocenters. The van der Waals surface area contributed by atoms with E-state index in [1.54, 1.807) is 11.2 Å². The normalized spacial score (nSPS) is 17.2. The van der Waals surface area contributed by atoms with E-state index in [0.717, 1.165) is 13.1 Å². The van der Waals surface area contributed by atoms with E-state index in [0.29, 0.717) is 63.3 Å². The zero-order valence-corrected chi connectivity index (χ0v) is 16.7. The molecule has 0 amide bonds. The van der Waals surface area contributed by atoms with Crippen LogP contribution >= 0.6 is 0 Å². The van der Waals surface area contributed by atoms with E-state index in [1.165, 1.54) is 5.01 Å². The van der Waals surface area contributed by atoms with Crippen molar-refractivity contribution in [2.24, 2.45) is 11.6 Å². The lowest BCUT2D eigenvalue weighted by Gasteiger charge is -2.26. The van der Waals surface area contributed by atoms with Crippen molar-refractivity contribution in [1.82, 2.24) is 20.5 Å². The molecule has 11 heteroatoms. The third-order valence-corrected chi connectivity index (χ3v) is 4.73. The van der Waals surface area contributed by atoms with Gasteiger partial charge in [0.1, 0.15) is 0 Å². The zero-order chi connectivity index (χ0) is 19.2. The highest BCUT2D eigenvalue weighted by atomic mass is 32.2. The molecule has 1 fully saturated rings. The maximum atomic E-state index is 11.3. The molecule has 154 valence electrons. The number of hydrogen-bond acceptors (Lipinski definition) is 10. The van der Waals surface area contributed by atoms with Crippen LogP contribution in [0.5, 0.6) is 0 Å². The van der Waals surface area contributed by atoms with E-state index in [2.05, 4.69) is 10.5 Å². The first-order valence-electron chi connectivity index (χ1n) is 8.72. The molecule has 26 heavy (non-hydrogen) atoms. The molecule has 0 aromatic carbocycles. The molecule has 0 aliphatic carbocycles. The quantitative estimate of drug-likeness (QED) is 0.174. The van der Waals surface area contributed by atoms with Crippen LogP contribution in [0.4, 0.5) is 0 Å². The van der Waals surface area contributed by atoms with E-state index in [-0.39, 0.29) is 0 Å². The molecule has 1 rings (SSSR count). The molecule has 1 aliphatic rings. The molecule has 0 saturated carbocycles. The molecular formula is C15H34N6O4S. The minimum atomic E-state index is -0.674. The van der Waals surface area contributed by atoms with E-state index in [4.69, 9.17) is 25.9 Å². The minimum absolute atomic E-state index is 0.464. The van der Waals surface area contributed by atoms with Crippen molar-refractivity contribution in [2.75, 3.05) is 84.8 Å². The first-order valence-corrected chi connectivity index (χ1v) is 10.2. The van der Waals surface area contributed by atoms with Crippen molar-refractivity contribution in [3.8, 4) is 0 Å². The first-order chi connectivity index (χ1) is 12.5. The molecule has 0 aromatic rings. The molecule has 1 heterocycles. The SMILES string of the molecule is CN(C)NOCCOCCOCCN(N)/C=C(\N)CN1CCS(=O)CC1. The van der Waals surface area contributed by atoms with E-state index >= 15 is 0 Å². The second kappa shape index (κ2) is 14.3. The zero-order valence-electron chi connectivity index (χ0n) is 15.9. The number of nitrogens with one attached hydrogen (secondary N) is 1. The summed E-state index contributed by atoms with van der Waals surface area (Å²) in [5.41, 5.74) is 9.38. The summed E-state index contributed by atoms with van der Waals surface area (Å²) in [7, 11) is 3.01. The molecule has 1 aliphatic heterocycles. The summed E-state index contributed by atoms with van der Waals surface area (Å²) in [6.45, 7) is 5.26. The number of nitrogens with two attached hydrogens (primary N) is 2. The highest BCUT2D eigenvalue weighted by molar-refractivity contribution is 7.85. The van der Waals surface area contributed by atoms with Gasteiger partial charge in [0.2, 0.25) is 0 Å². The van der Waals surface area contributed by atoms with E-state index in [9.17, 15) is 4.21 Å². The third-order valence-electron chi connectivity index (χ3n) is 3.45. The fourth-order valence-electron chi connectivity index (χ4n) is 2.18. The monoisotopic (exact) mass is 394 g/mol. The topological polar surface area (TPSA) is 119 Å². The van der Waals surface area contributed by atoms with E-state index < -0.39 is 10.8 Å². The molecule has 10 nitrogen and oxygen atoms in total. The Kier molecular flexibility index (Phi) is 12.8. The summed E-state index contributed by atoms with van der Waals surface area (Å²) in [4.78, 5) is 7.29. The van der Waals surface area contributed by atoms with Gasteiger partial charge in [-0.25, -0.2) is 10.9 Å². The lowest BCUT2D eigenvalue weighted by Crippen LogP contribution is -2.40. The highest BCUT2D eigenvalue weighted by Gasteiger charge is 2.15. The maximum absolute atomic E-state index is 11.3. The summed E-state index contributed by atoms with van der Waals surface area (Å²) < 4.78 is 22.2. The van der Waals surface area contributed by atoms with Gasteiger partial charge in [-0.15, -0.1) is 5.59 Å². The molecule has 0 spiro atoms. The van der Waals surface area contributed by atoms with Gasteiger partial charge in [0.15, 0.2) is 0 Å². The summed E-state index contributed by atoms with van der Waals surface area (Å²) in [6, 6.07) is 0. The lowest BCUT2D eigenvalue weighted by molar-refractivity contribution is -0.0816. The summed E-state index contributed by atoms with van der Waals surface area (Å²) in [6.07, 6.45) is 1.72. The number of ether oxygens (including phenoxy) is 2. The van der Waals surface area contributed by atoms with Gasteiger partial charge in [-0.1, -0.05) is 0 Å². The molecule has 0 bridgehead atoms. The van der Waals surface area contributed by atoms with Crippen LogP contribution in [0, 0.1) is 0 Å². The molecular weight excluding hydrogens is 360 g/mol. The van der Waals surface area contributed by atoms with Gasteiger partial charge in [0.05, 0.1) is 39.6 Å². The van der Waals surface area contributed by atoms with Crippen LogP contribution in [0.15, 0.2) is 11.9 Å². The van der Waals surface area contributed by atoms with Gasteiger partial charge in [-0.2, -0.15) is 0 Å². The average molecular weight is 395 g/mol. The molecule has 1 saturated heterocycles. The molecule has 0 atom stereocenters. The smallest absolute Gasteiger partial charge is 0.0932 e. The fourth-order valence-corrected chi connectivity index (χ4v) is 3.31. The van der Waals surface area contributed by atoms with Crippen LogP contribution in [0.3, 0.4) is 0 Å². The van der Waals surface area contributed by atoms with Gasteiger partial charge in [0, 0.05) is 67.9 Å². The Labute approximate surface area is 158 Å². The summed E-state index contributed by atoms with van der Waals surface area (Å²) in [5, 5.41) is 3.23. The predicted molar refractivity (Wildman–Crippen MR) is 102 cm³/mol. The molecule has 5 N–H and O–H groups in total. The Bertz CT molecular complexity index is 417. The Morgan fingerprint density at radius 3 is 2.42 bits per heavy atom. The average Bonchev–Trinajstić information content (AvgIpc) is 2.58. The van der Waals surface area contributed by atoms with Crippen LogP contribution in [0.25, 0.3) is 0 Å². The van der Waals surface area contributed by atoms with Crippen molar-refractivity contribution in [1.29, 1.82) is 0 Å². The minimum Gasteiger partial charge on any atom is -0.400 e. The van der Waals surface area contributed by atoms with Crippen LogP contribution in [0.2, 0.25) is 0 Å². The Hall–Kier alpha value is -0.790. The van der Waals surface area contributed by atoms with Gasteiger partial charge < -0.3 is 20.2 Å². The third kappa shape index (κ3) is 12.5. The Morgan fingerprint density at radius 2 is 1.77 bits per heavy atom. The van der Waals surface area contributed by atoms with Crippen molar-refractivity contribution in [2.45, 2.75) is 0 Å². The van der Waals surface area contributed by atoms with Crippen LogP contribution in [0.1, 0.15) is 0 Å². The van der Waals surface area contributed by atoms with Gasteiger partial charge >= 0.3 is 0 Å². The van der Waals surface area contributed by atoms with Crippen LogP contribution in [-0.4, -0.2) is 104 Å². The standard InChI is InChI=1S/C15H34N6O4S/c1-19(2)18-25-10-9-24-8-7-23-6-3-21(17)14-15(16)13-20-4-11-26(22)12-5-20/h14,18H,3-13,16-17H2,1-2H3/b15-14-. The van der Waals surface area contributed by atoms with Gasteiger partial charge in [-0.05, 0) is 0 Å². The molecule has 0 aromatic heterocycles. The Balaban J connectivity index is 1.97. The second-order valence-electron chi connectivity index (χ2n) is 6.12. The summed E-state index contributed by atoms with van der Waals surface area (Å²) in [5.74, 6) is 7.33. The number of hydrazine groups is 2. The number of nitrogens with zero attached hydrogens (tertiary/aromatic N) is 3. The number of hydrogen-bond donors (Lipinski definition) is 3. The summed E-state index contributed by atoms with van der Waals surface area (Å²) >= 11 is 0. The van der Waals surface area contributed by atoms with Gasteiger partial charge in [-0.3, -0.25) is 13.9 Å². The Morgan fingerprint density at radius 1 is 1.15 bits per heavy atom. The maximum Gasteiger partial charge on any atom is 0.0932 e. The van der Waals surface area contributed by atoms with Gasteiger partial charge in [0.25, 0.3) is 0 Å². The largest absolute Gasteiger partial charge is 0.400 e. The van der Waals surface area contributed by atoms with Crippen LogP contribution in [-0.2, 0) is 25.1 Å². The van der Waals surface area contributed by atoms with Crippen molar-refractivity contribution in [3.05, 3.63) is 11.9 Å². The first kappa shape index (κ1) is 23.2. The predicted octanol–water partition coefficient (Wildman–Crippen LogP) is -1.94. The highest BCUT2D eigenvalue weighted by Crippen LogP contribution is 2.02. The second-order valence-corrected chi connectivity index (χ2v) is 7.82. The lowest BCUT2D eigenvalue weighted by atomic mass is 10.4. The molecule has 0 radical (unpaired) electrons. The number of rotatable bonds is 14.